The summed E-state index contributed by atoms with van der Waals surface area (Å²) < 4.78 is 57.8. The van der Waals surface area contributed by atoms with Gasteiger partial charge in [-0.3, -0.25) is 9.47 Å². The maximum absolute atomic E-state index is 13.4. The summed E-state index contributed by atoms with van der Waals surface area (Å²) in [5.74, 6) is -0.904. The molecule has 0 spiro atoms. The van der Waals surface area contributed by atoms with Crippen molar-refractivity contribution in [3.8, 4) is 5.75 Å². The number of nitrogens with one attached hydrogen (secondary N) is 1. The number of amides is 1. The highest BCUT2D eigenvalue weighted by Gasteiger charge is 2.32. The van der Waals surface area contributed by atoms with Gasteiger partial charge in [0.25, 0.3) is 0 Å². The van der Waals surface area contributed by atoms with Crippen LogP contribution in [0.2, 0.25) is 10.2 Å². The van der Waals surface area contributed by atoms with E-state index in [0.717, 1.165) is 22.4 Å². The number of benzene rings is 2. The normalized spacial score (nSPS) is 14.1. The summed E-state index contributed by atoms with van der Waals surface area (Å²) in [4.78, 5) is 19.4. The average Bonchev–Trinajstić information content (AvgIpc) is 3.21. The van der Waals surface area contributed by atoms with E-state index >= 15 is 0 Å². The minimum absolute atomic E-state index is 0.0387. The van der Waals surface area contributed by atoms with Gasteiger partial charge in [-0.1, -0.05) is 41.4 Å². The molecule has 5 rings (SSSR count). The number of hydrogen-bond acceptors (Lipinski definition) is 4. The summed E-state index contributed by atoms with van der Waals surface area (Å²) in [5, 5.41) is 3.80. The molecule has 12 heteroatoms. The quantitative estimate of drug-likeness (QED) is 0.190. The lowest BCUT2D eigenvalue weighted by molar-refractivity contribution is -0.274. The average molecular weight is 593 g/mol. The molecule has 0 aliphatic carbocycles. The number of rotatable bonds is 6. The minimum atomic E-state index is -4.87. The molecular weight excluding hydrogens is 571 g/mol. The second-order valence-corrected chi connectivity index (χ2v) is 9.99. The van der Waals surface area contributed by atoms with Gasteiger partial charge in [0.2, 0.25) is 0 Å². The minimum Gasteiger partial charge on any atom is -0.406 e. The first-order valence-corrected chi connectivity index (χ1v) is 13.0. The first kappa shape index (κ1) is 27.9. The number of halogens is 6. The smallest absolute Gasteiger partial charge is 0.406 e. The van der Waals surface area contributed by atoms with Crippen molar-refractivity contribution in [1.29, 1.82) is 0 Å². The fourth-order valence-electron chi connectivity index (χ4n) is 4.74. The topological polar surface area (TPSA) is 59.4 Å². The molecule has 1 N–H and O–H groups in total. The van der Waals surface area contributed by atoms with Crippen molar-refractivity contribution in [3.05, 3.63) is 99.2 Å². The Bertz CT molecular complexity index is 1600. The lowest BCUT2D eigenvalue weighted by atomic mass is 10.0. The Kier molecular flexibility index (Phi) is 8.02. The van der Waals surface area contributed by atoms with Crippen molar-refractivity contribution in [2.24, 2.45) is 0 Å². The van der Waals surface area contributed by atoms with Crippen molar-refractivity contribution >= 4 is 46.2 Å². The number of carbonyl (C=O) groups is 1. The lowest BCUT2D eigenvalue weighted by Gasteiger charge is -2.27. The number of fused-ring (bicyclic) bond motifs is 3. The van der Waals surface area contributed by atoms with Crippen molar-refractivity contribution in [2.75, 3.05) is 13.1 Å². The van der Waals surface area contributed by atoms with Gasteiger partial charge in [0.15, 0.2) is 0 Å². The number of hydrogen-bond donors (Lipinski definition) is 1. The molecule has 0 atom stereocenters. The van der Waals surface area contributed by atoms with Crippen LogP contribution in [0, 0.1) is 5.82 Å². The SMILES string of the molecule is O=C(NCc1ccnc(Cl)c1)n1c2c(c3ccc(OC(F)(F)F)cc31)CN(CC=Cc1ccc(F)c(Cl)c1)CC2. The molecule has 3 heterocycles. The van der Waals surface area contributed by atoms with E-state index in [1.54, 1.807) is 24.3 Å². The molecule has 1 amide bonds. The first-order chi connectivity index (χ1) is 19.1. The fourth-order valence-corrected chi connectivity index (χ4v) is 5.13. The van der Waals surface area contributed by atoms with Crippen molar-refractivity contribution in [1.82, 2.24) is 19.8 Å². The van der Waals surface area contributed by atoms with Crippen molar-refractivity contribution in [2.45, 2.75) is 25.9 Å². The number of aromatic nitrogens is 2. The van der Waals surface area contributed by atoms with Crippen molar-refractivity contribution < 1.29 is 27.1 Å². The highest BCUT2D eigenvalue weighted by Crippen LogP contribution is 2.34. The molecule has 0 bridgehead atoms. The molecule has 0 fully saturated rings. The third-order valence-corrected chi connectivity index (χ3v) is 6.99. The highest BCUT2D eigenvalue weighted by molar-refractivity contribution is 6.30. The molecule has 0 saturated heterocycles. The van der Waals surface area contributed by atoms with Crippen LogP contribution in [0.3, 0.4) is 0 Å². The van der Waals surface area contributed by atoms with E-state index in [-0.39, 0.29) is 16.7 Å². The van der Waals surface area contributed by atoms with Crippen LogP contribution >= 0.6 is 23.2 Å². The predicted molar refractivity (Wildman–Crippen MR) is 145 cm³/mol. The predicted octanol–water partition coefficient (Wildman–Crippen LogP) is 7.21. The van der Waals surface area contributed by atoms with E-state index in [1.165, 1.54) is 35.0 Å². The van der Waals surface area contributed by atoms with E-state index in [2.05, 4.69) is 19.9 Å². The van der Waals surface area contributed by atoms with E-state index in [9.17, 15) is 22.4 Å². The van der Waals surface area contributed by atoms with Crippen LogP contribution in [0.25, 0.3) is 17.0 Å². The van der Waals surface area contributed by atoms with Crippen LogP contribution in [0.4, 0.5) is 22.4 Å². The van der Waals surface area contributed by atoms with E-state index < -0.39 is 24.0 Å². The number of alkyl halides is 3. The molecule has 40 heavy (non-hydrogen) atoms. The Morgan fingerprint density at radius 3 is 2.70 bits per heavy atom. The van der Waals surface area contributed by atoms with Gasteiger partial charge in [0.05, 0.1) is 10.5 Å². The molecule has 6 nitrogen and oxygen atoms in total. The molecule has 4 aromatic rings. The lowest BCUT2D eigenvalue weighted by Crippen LogP contribution is -2.34. The zero-order valence-corrected chi connectivity index (χ0v) is 22.3. The second-order valence-electron chi connectivity index (χ2n) is 9.19. The molecule has 2 aromatic heterocycles. The van der Waals surface area contributed by atoms with Crippen molar-refractivity contribution in [3.63, 3.8) is 0 Å². The third-order valence-electron chi connectivity index (χ3n) is 6.49. The summed E-state index contributed by atoms with van der Waals surface area (Å²) in [7, 11) is 0. The Morgan fingerprint density at radius 1 is 1.12 bits per heavy atom. The molecule has 2 aromatic carbocycles. The van der Waals surface area contributed by atoms with Gasteiger partial charge in [-0.05, 0) is 53.1 Å². The molecule has 208 valence electrons. The fraction of sp³-hybridized carbons (Fsp3) is 0.214. The van der Waals surface area contributed by atoms with Gasteiger partial charge in [0, 0.05) is 55.9 Å². The maximum Gasteiger partial charge on any atom is 0.573 e. The van der Waals surface area contributed by atoms with Gasteiger partial charge < -0.3 is 10.1 Å². The Labute approximate surface area is 236 Å². The molecular formula is C28H22Cl2F4N4O2. The van der Waals surface area contributed by atoms with E-state index in [1.807, 2.05) is 12.2 Å². The van der Waals surface area contributed by atoms with Crippen LogP contribution in [0.5, 0.6) is 5.75 Å². The molecule has 0 radical (unpaired) electrons. The first-order valence-electron chi connectivity index (χ1n) is 12.2. The standard InChI is InChI=1S/C28H22Cl2F4N4O2/c29-22-12-17(3-6-23(22)31)2-1-10-37-11-8-24-21(16-37)20-5-4-19(40-28(32,33)34)14-25(20)38(24)27(39)36-15-18-7-9-35-26(30)13-18/h1-7,9,12-14H,8,10-11,15-16H2,(H,36,39). The second kappa shape index (κ2) is 11.5. The Morgan fingerprint density at radius 2 is 1.95 bits per heavy atom. The molecule has 1 aliphatic heterocycles. The Hall–Kier alpha value is -3.60. The van der Waals surface area contributed by atoms with E-state index in [0.29, 0.717) is 37.0 Å². The van der Waals surface area contributed by atoms with E-state index in [4.69, 9.17) is 23.2 Å². The Balaban J connectivity index is 1.42. The monoisotopic (exact) mass is 592 g/mol. The highest BCUT2D eigenvalue weighted by atomic mass is 35.5. The zero-order chi connectivity index (χ0) is 28.4. The van der Waals surface area contributed by atoms with Gasteiger partial charge in [-0.2, -0.15) is 0 Å². The number of carbonyl (C=O) groups excluding carboxylic acids is 1. The number of pyridine rings is 1. The summed E-state index contributed by atoms with van der Waals surface area (Å²) in [6, 6.07) is 11.3. The van der Waals surface area contributed by atoms with Gasteiger partial charge in [-0.25, -0.2) is 14.2 Å². The van der Waals surface area contributed by atoms with Crippen LogP contribution in [0.15, 0.2) is 60.8 Å². The van der Waals surface area contributed by atoms with Crippen LogP contribution in [-0.4, -0.2) is 39.9 Å². The molecule has 0 unspecified atom stereocenters. The number of ether oxygens (including phenoxy) is 1. The third kappa shape index (κ3) is 6.41. The number of nitrogens with zero attached hydrogens (tertiary/aromatic N) is 3. The molecule has 1 aliphatic rings. The van der Waals surface area contributed by atoms with Crippen LogP contribution in [0.1, 0.15) is 22.4 Å². The summed E-state index contributed by atoms with van der Waals surface area (Å²) in [6.45, 7) is 1.79. The van der Waals surface area contributed by atoms with Gasteiger partial charge in [0.1, 0.15) is 16.7 Å². The molecule has 0 saturated carbocycles. The van der Waals surface area contributed by atoms with Gasteiger partial charge in [-0.15, -0.1) is 13.2 Å². The van der Waals surface area contributed by atoms with Gasteiger partial charge >= 0.3 is 12.4 Å². The summed E-state index contributed by atoms with van der Waals surface area (Å²) in [5.41, 5.74) is 3.36. The summed E-state index contributed by atoms with van der Waals surface area (Å²) >= 11 is 11.8. The zero-order valence-electron chi connectivity index (χ0n) is 20.8. The van der Waals surface area contributed by atoms with Crippen LogP contribution < -0.4 is 10.1 Å². The maximum atomic E-state index is 13.4. The summed E-state index contributed by atoms with van der Waals surface area (Å²) in [6.07, 6.45) is 0.903. The largest absolute Gasteiger partial charge is 0.573 e. The van der Waals surface area contributed by atoms with Crippen LogP contribution in [-0.2, 0) is 19.5 Å².